The topological polar surface area (TPSA) is 115 Å². The molecule has 0 saturated carbocycles. The van der Waals surface area contributed by atoms with E-state index in [1.807, 2.05) is 25.3 Å². The summed E-state index contributed by atoms with van der Waals surface area (Å²) in [5.74, 6) is 0.0143. The van der Waals surface area contributed by atoms with E-state index in [1.165, 1.54) is 12.3 Å². The number of anilines is 1. The fourth-order valence-corrected chi connectivity index (χ4v) is 5.06. The van der Waals surface area contributed by atoms with Crippen LogP contribution in [0.4, 0.5) is 10.3 Å². The van der Waals surface area contributed by atoms with Gasteiger partial charge in [-0.25, -0.2) is 19.3 Å². The monoisotopic (exact) mass is 505 g/mol. The van der Waals surface area contributed by atoms with E-state index in [0.717, 1.165) is 0 Å². The second-order valence-electron chi connectivity index (χ2n) is 10.1. The van der Waals surface area contributed by atoms with Crippen molar-refractivity contribution >= 4 is 28.6 Å². The van der Waals surface area contributed by atoms with Crippen LogP contribution in [0.15, 0.2) is 18.3 Å². The molecule has 2 bridgehead atoms. The van der Waals surface area contributed by atoms with Crippen molar-refractivity contribution in [1.29, 1.82) is 0 Å². The molecule has 188 valence electrons. The Morgan fingerprint density at radius 3 is 2.71 bits per heavy atom. The Kier molecular flexibility index (Phi) is 6.00. The van der Waals surface area contributed by atoms with Crippen molar-refractivity contribution in [3.8, 4) is 11.3 Å². The van der Waals surface area contributed by atoms with Gasteiger partial charge >= 0.3 is 0 Å². The molecule has 0 radical (unpaired) electrons. The Morgan fingerprint density at radius 2 is 2.03 bits per heavy atom. The molecule has 3 N–H and O–H groups in total. The molecule has 2 saturated heterocycles. The number of imidazole rings is 1. The number of rotatable bonds is 5. The van der Waals surface area contributed by atoms with Gasteiger partial charge in [-0.3, -0.25) is 0 Å². The van der Waals surface area contributed by atoms with Crippen LogP contribution in [-0.2, 0) is 15.1 Å². The Bertz CT molecular complexity index is 1260. The molecule has 2 aromatic heterocycles. The molecule has 5 atom stereocenters. The molecule has 5 rings (SSSR count). The third kappa shape index (κ3) is 4.17. The van der Waals surface area contributed by atoms with E-state index >= 15 is 4.39 Å². The predicted molar refractivity (Wildman–Crippen MR) is 129 cm³/mol. The van der Waals surface area contributed by atoms with Crippen molar-refractivity contribution in [3.63, 3.8) is 0 Å². The molecular formula is C24H29ClFN5O4. The van der Waals surface area contributed by atoms with Gasteiger partial charge in [-0.2, -0.15) is 0 Å². The van der Waals surface area contributed by atoms with Gasteiger partial charge in [0.25, 0.3) is 0 Å². The molecule has 2 fully saturated rings. The first-order valence-electron chi connectivity index (χ1n) is 11.6. The van der Waals surface area contributed by atoms with Crippen LogP contribution in [0.2, 0.25) is 5.02 Å². The smallest absolute Gasteiger partial charge is 0.223 e. The largest absolute Gasteiger partial charge is 0.386 e. The highest BCUT2D eigenvalue weighted by molar-refractivity contribution is 6.33. The van der Waals surface area contributed by atoms with E-state index in [2.05, 4.69) is 20.3 Å². The van der Waals surface area contributed by atoms with Gasteiger partial charge in [-0.15, -0.1) is 0 Å². The van der Waals surface area contributed by atoms with Crippen LogP contribution in [-0.4, -0.2) is 60.9 Å². The summed E-state index contributed by atoms with van der Waals surface area (Å²) in [7, 11) is 0. The lowest BCUT2D eigenvalue weighted by atomic mass is 9.90. The average molecular weight is 506 g/mol. The van der Waals surface area contributed by atoms with Crippen molar-refractivity contribution in [2.75, 3.05) is 11.9 Å². The second kappa shape index (κ2) is 8.63. The van der Waals surface area contributed by atoms with Crippen LogP contribution in [0, 0.1) is 11.7 Å². The zero-order chi connectivity index (χ0) is 25.2. The molecule has 0 aliphatic carbocycles. The summed E-state index contributed by atoms with van der Waals surface area (Å²) in [5.41, 5.74) is 0.207. The lowest BCUT2D eigenvalue weighted by Gasteiger charge is -2.37. The number of aromatic nitrogens is 4. The number of fused-ring (bicyclic) bond motifs is 3. The van der Waals surface area contributed by atoms with E-state index in [4.69, 9.17) is 21.1 Å². The van der Waals surface area contributed by atoms with Gasteiger partial charge in [-0.1, -0.05) is 18.5 Å². The van der Waals surface area contributed by atoms with Gasteiger partial charge < -0.3 is 29.6 Å². The van der Waals surface area contributed by atoms with Crippen LogP contribution in [0.5, 0.6) is 0 Å². The summed E-state index contributed by atoms with van der Waals surface area (Å²) in [6.07, 6.45) is -0.290. The van der Waals surface area contributed by atoms with Gasteiger partial charge in [0.05, 0.1) is 41.2 Å². The van der Waals surface area contributed by atoms with Gasteiger partial charge in [-0.05, 0) is 39.8 Å². The molecule has 4 heterocycles. The molecule has 3 aromatic rings. The minimum Gasteiger partial charge on any atom is -0.386 e. The number of nitrogens with one attached hydrogen (secondary N) is 1. The fraction of sp³-hybridized carbons (Fsp3) is 0.542. The number of halogens is 2. The maximum Gasteiger partial charge on any atom is 0.223 e. The van der Waals surface area contributed by atoms with Crippen LogP contribution < -0.4 is 5.32 Å². The van der Waals surface area contributed by atoms with Gasteiger partial charge in [0, 0.05) is 17.5 Å². The van der Waals surface area contributed by atoms with Gasteiger partial charge in [0.1, 0.15) is 23.0 Å². The highest BCUT2D eigenvalue weighted by atomic mass is 35.5. The first-order chi connectivity index (χ1) is 16.5. The van der Waals surface area contributed by atoms with Gasteiger partial charge in [0.2, 0.25) is 5.95 Å². The predicted octanol–water partition coefficient (Wildman–Crippen LogP) is 3.63. The molecule has 2 aliphatic heterocycles. The summed E-state index contributed by atoms with van der Waals surface area (Å²) in [5, 5.41) is 24.7. The van der Waals surface area contributed by atoms with Crippen LogP contribution in [0.1, 0.15) is 46.5 Å². The van der Waals surface area contributed by atoms with E-state index < -0.39 is 29.9 Å². The van der Waals surface area contributed by atoms with E-state index in [-0.39, 0.29) is 34.6 Å². The van der Waals surface area contributed by atoms with Crippen molar-refractivity contribution in [2.24, 2.45) is 5.92 Å². The highest BCUT2D eigenvalue weighted by Crippen LogP contribution is 2.36. The Morgan fingerprint density at radius 1 is 1.29 bits per heavy atom. The van der Waals surface area contributed by atoms with Crippen molar-refractivity contribution in [2.45, 2.75) is 70.8 Å². The second-order valence-corrected chi connectivity index (χ2v) is 10.5. The number of benzene rings is 1. The quantitative estimate of drug-likeness (QED) is 0.481. The molecule has 11 heteroatoms. The summed E-state index contributed by atoms with van der Waals surface area (Å²) in [4.78, 5) is 13.2. The maximum atomic E-state index is 15.3. The number of hydrogen-bond donors (Lipinski definition) is 3. The summed E-state index contributed by atoms with van der Waals surface area (Å²) < 4.78 is 28.2. The Labute approximate surface area is 207 Å². The standard InChI is InChI=1S/C24H29ClFN5O4/c1-10(2)31-15-7-12(6-14(26)19(15)28-22(31)24(4,5)33)18-13(25)8-27-23(30-18)29-17-11(3)16-9-34-21(35-16)20(17)32/h6-8,10-11,16-17,20-21,32-33H,9H2,1-5H3,(H,27,29,30)/t11-,16+,17+,20-,21+/m0/s1. The molecular weight excluding hydrogens is 477 g/mol. The van der Waals surface area contributed by atoms with Gasteiger partial charge in [0.15, 0.2) is 12.1 Å². The number of aliphatic hydroxyl groups excluding tert-OH is 1. The SMILES string of the molecule is CC(C)n1c(C(C)(C)O)nc2c(F)cc(-c3nc(N[C@@H]4[C@@H](C)[C@H]5CO[C@H](O5)[C@H]4O)ncc3Cl)cc21. The number of ether oxygens (including phenoxy) is 2. The molecule has 2 aliphatic rings. The molecule has 0 unspecified atom stereocenters. The Balaban J connectivity index is 1.56. The summed E-state index contributed by atoms with van der Waals surface area (Å²) >= 11 is 6.44. The molecule has 35 heavy (non-hydrogen) atoms. The lowest BCUT2D eigenvalue weighted by Crippen LogP contribution is -2.53. The minimum absolute atomic E-state index is 0.0547. The van der Waals surface area contributed by atoms with Crippen molar-refractivity contribution in [3.05, 3.63) is 35.0 Å². The van der Waals surface area contributed by atoms with E-state index in [0.29, 0.717) is 29.2 Å². The van der Waals surface area contributed by atoms with Crippen LogP contribution in [0.3, 0.4) is 0 Å². The average Bonchev–Trinajstić information content (AvgIpc) is 3.40. The number of nitrogens with zero attached hydrogens (tertiary/aromatic N) is 4. The molecule has 0 spiro atoms. The molecule has 0 amide bonds. The molecule has 9 nitrogen and oxygen atoms in total. The number of aliphatic hydroxyl groups is 2. The minimum atomic E-state index is -1.26. The lowest BCUT2D eigenvalue weighted by molar-refractivity contribution is -0.170. The summed E-state index contributed by atoms with van der Waals surface area (Å²) in [6.45, 7) is 9.50. The molecule has 1 aromatic carbocycles. The first kappa shape index (κ1) is 24.3. The third-order valence-corrected chi connectivity index (χ3v) is 6.94. The van der Waals surface area contributed by atoms with Crippen LogP contribution in [0.25, 0.3) is 22.3 Å². The van der Waals surface area contributed by atoms with Crippen LogP contribution >= 0.6 is 11.6 Å². The fourth-order valence-electron chi connectivity index (χ4n) is 4.86. The third-order valence-electron chi connectivity index (χ3n) is 6.66. The van der Waals surface area contributed by atoms with E-state index in [1.54, 1.807) is 19.9 Å². The number of hydrogen-bond acceptors (Lipinski definition) is 8. The zero-order valence-corrected chi connectivity index (χ0v) is 20.9. The van der Waals surface area contributed by atoms with Crippen molar-refractivity contribution < 1.29 is 24.1 Å². The first-order valence-corrected chi connectivity index (χ1v) is 12.0. The zero-order valence-electron chi connectivity index (χ0n) is 20.2. The van der Waals surface area contributed by atoms with E-state index in [9.17, 15) is 10.2 Å². The summed E-state index contributed by atoms with van der Waals surface area (Å²) in [6, 6.07) is 2.61. The Hall–Kier alpha value is -2.37. The van der Waals surface area contributed by atoms with Crippen molar-refractivity contribution in [1.82, 2.24) is 19.5 Å². The normalized spacial score (nSPS) is 26.6. The highest BCUT2D eigenvalue weighted by Gasteiger charge is 2.48. The maximum absolute atomic E-state index is 15.3.